The quantitative estimate of drug-likeness (QED) is 0.706. The van der Waals surface area contributed by atoms with Crippen LogP contribution in [0.2, 0.25) is 0 Å². The summed E-state index contributed by atoms with van der Waals surface area (Å²) < 4.78 is 6.06. The van der Waals surface area contributed by atoms with E-state index in [9.17, 15) is 0 Å². The Kier molecular flexibility index (Phi) is 3.93. The zero-order valence-corrected chi connectivity index (χ0v) is 10.7. The molecule has 15 heavy (non-hydrogen) atoms. The number of piperidine rings is 1. The smallest absolute Gasteiger partial charge is 0.0936 e. The molecule has 2 heterocycles. The van der Waals surface area contributed by atoms with Gasteiger partial charge in [0.05, 0.1) is 12.2 Å². The maximum absolute atomic E-state index is 6.06. The average Bonchev–Trinajstić information content (AvgIpc) is 2.17. The van der Waals surface area contributed by atoms with Gasteiger partial charge >= 0.3 is 0 Å². The van der Waals surface area contributed by atoms with Crippen molar-refractivity contribution in [1.29, 1.82) is 0 Å². The lowest BCUT2D eigenvalue weighted by molar-refractivity contribution is -0.132. The van der Waals surface area contributed by atoms with E-state index in [4.69, 9.17) is 4.74 Å². The monoisotopic (exact) mass is 230 g/mol. The van der Waals surface area contributed by atoms with Gasteiger partial charge in [-0.15, -0.1) is 11.8 Å². The van der Waals surface area contributed by atoms with E-state index in [0.29, 0.717) is 0 Å². The third kappa shape index (κ3) is 2.87. The van der Waals surface area contributed by atoms with Crippen molar-refractivity contribution in [2.45, 2.75) is 18.4 Å². The molecule has 88 valence electrons. The number of likely N-dealkylation sites (N-methyl/N-ethyl adjacent to an activating group) is 1. The molecular formula is C11H22N2OS. The standard InChI is InChI=1S/C11H22N2OS/c1-12-6-7-14-11(8-12)4-3-5-13(9-11)10-15-2/h3-10H2,1-2H3. The molecule has 0 saturated carbocycles. The zero-order valence-electron chi connectivity index (χ0n) is 9.87. The summed E-state index contributed by atoms with van der Waals surface area (Å²) in [5.74, 6) is 1.15. The molecule has 0 N–H and O–H groups in total. The Morgan fingerprint density at radius 2 is 2.20 bits per heavy atom. The lowest BCUT2D eigenvalue weighted by Gasteiger charge is -2.47. The van der Waals surface area contributed by atoms with Gasteiger partial charge in [-0.2, -0.15) is 0 Å². The molecule has 2 aliphatic rings. The van der Waals surface area contributed by atoms with Gasteiger partial charge in [0.15, 0.2) is 0 Å². The molecule has 3 nitrogen and oxygen atoms in total. The van der Waals surface area contributed by atoms with Crippen molar-refractivity contribution >= 4 is 11.8 Å². The first-order valence-electron chi connectivity index (χ1n) is 5.78. The Balaban J connectivity index is 1.94. The van der Waals surface area contributed by atoms with E-state index in [1.165, 1.54) is 19.4 Å². The summed E-state index contributed by atoms with van der Waals surface area (Å²) in [5, 5.41) is 0. The first kappa shape index (κ1) is 11.7. The minimum absolute atomic E-state index is 0.140. The van der Waals surface area contributed by atoms with E-state index >= 15 is 0 Å². The highest BCUT2D eigenvalue weighted by Gasteiger charge is 2.39. The van der Waals surface area contributed by atoms with Crippen LogP contribution in [0, 0.1) is 0 Å². The Hall–Kier alpha value is 0.230. The molecule has 0 radical (unpaired) electrons. The van der Waals surface area contributed by atoms with Crippen molar-refractivity contribution in [3.05, 3.63) is 0 Å². The Bertz CT molecular complexity index is 209. The molecule has 1 atom stereocenters. The lowest BCUT2D eigenvalue weighted by Crippen LogP contribution is -2.58. The highest BCUT2D eigenvalue weighted by Crippen LogP contribution is 2.28. The molecule has 1 unspecified atom stereocenters. The molecule has 4 heteroatoms. The molecule has 2 rings (SSSR count). The Labute approximate surface area is 97.1 Å². The van der Waals surface area contributed by atoms with Crippen LogP contribution in [0.1, 0.15) is 12.8 Å². The fraction of sp³-hybridized carbons (Fsp3) is 1.00. The SMILES string of the molecule is CSCN1CCCC2(CN(C)CCO2)C1. The van der Waals surface area contributed by atoms with E-state index in [0.717, 1.165) is 32.1 Å². The van der Waals surface area contributed by atoms with E-state index in [1.807, 2.05) is 11.8 Å². The number of thioether (sulfide) groups is 1. The van der Waals surface area contributed by atoms with Gasteiger partial charge in [0.2, 0.25) is 0 Å². The number of likely N-dealkylation sites (tertiary alicyclic amines) is 1. The number of nitrogens with zero attached hydrogens (tertiary/aromatic N) is 2. The number of ether oxygens (including phenoxy) is 1. The number of hydrogen-bond acceptors (Lipinski definition) is 4. The average molecular weight is 230 g/mol. The van der Waals surface area contributed by atoms with Crippen LogP contribution in [-0.2, 0) is 4.74 Å². The molecule has 0 aromatic rings. The van der Waals surface area contributed by atoms with Gasteiger partial charge < -0.3 is 9.64 Å². The highest BCUT2D eigenvalue weighted by molar-refractivity contribution is 7.98. The number of rotatable bonds is 2. The van der Waals surface area contributed by atoms with Crippen molar-refractivity contribution < 1.29 is 4.74 Å². The van der Waals surface area contributed by atoms with Crippen LogP contribution in [0.4, 0.5) is 0 Å². The van der Waals surface area contributed by atoms with Crippen LogP contribution in [0.15, 0.2) is 0 Å². The van der Waals surface area contributed by atoms with Gasteiger partial charge in [-0.1, -0.05) is 0 Å². The Morgan fingerprint density at radius 1 is 1.33 bits per heavy atom. The molecule has 2 aliphatic heterocycles. The second kappa shape index (κ2) is 5.04. The Morgan fingerprint density at radius 3 is 2.93 bits per heavy atom. The maximum Gasteiger partial charge on any atom is 0.0936 e. The van der Waals surface area contributed by atoms with Gasteiger partial charge in [-0.05, 0) is 32.7 Å². The zero-order chi connectivity index (χ0) is 10.7. The van der Waals surface area contributed by atoms with Gasteiger partial charge in [0, 0.05) is 25.5 Å². The predicted molar refractivity (Wildman–Crippen MR) is 65.4 cm³/mol. The van der Waals surface area contributed by atoms with Gasteiger partial charge in [-0.25, -0.2) is 0 Å². The summed E-state index contributed by atoms with van der Waals surface area (Å²) in [5.41, 5.74) is 0.140. The molecule has 1 spiro atoms. The van der Waals surface area contributed by atoms with Crippen LogP contribution < -0.4 is 0 Å². The lowest BCUT2D eigenvalue weighted by atomic mass is 9.91. The molecule has 0 bridgehead atoms. The molecular weight excluding hydrogens is 208 g/mol. The van der Waals surface area contributed by atoms with E-state index < -0.39 is 0 Å². The molecule has 2 saturated heterocycles. The molecule has 0 amide bonds. The minimum Gasteiger partial charge on any atom is -0.371 e. The summed E-state index contributed by atoms with van der Waals surface area (Å²) in [6.07, 6.45) is 4.70. The van der Waals surface area contributed by atoms with Crippen molar-refractivity contribution in [1.82, 2.24) is 9.80 Å². The summed E-state index contributed by atoms with van der Waals surface area (Å²) >= 11 is 1.91. The predicted octanol–water partition coefficient (Wildman–Crippen LogP) is 1.10. The summed E-state index contributed by atoms with van der Waals surface area (Å²) in [7, 11) is 2.21. The van der Waals surface area contributed by atoms with Crippen LogP contribution in [0.3, 0.4) is 0 Å². The van der Waals surface area contributed by atoms with E-state index in [1.54, 1.807) is 0 Å². The number of hydrogen-bond donors (Lipinski definition) is 0. The van der Waals surface area contributed by atoms with Crippen LogP contribution in [0.5, 0.6) is 0 Å². The first-order chi connectivity index (χ1) is 7.24. The van der Waals surface area contributed by atoms with Crippen LogP contribution in [0.25, 0.3) is 0 Å². The molecule has 0 aromatic heterocycles. The highest BCUT2D eigenvalue weighted by atomic mass is 32.2. The van der Waals surface area contributed by atoms with Gasteiger partial charge in [0.25, 0.3) is 0 Å². The number of morpholine rings is 1. The molecule has 0 aromatic carbocycles. The summed E-state index contributed by atoms with van der Waals surface area (Å²) in [6, 6.07) is 0. The molecule has 2 fully saturated rings. The maximum atomic E-state index is 6.06. The largest absolute Gasteiger partial charge is 0.371 e. The van der Waals surface area contributed by atoms with Crippen LogP contribution >= 0.6 is 11.8 Å². The third-order valence-electron chi connectivity index (χ3n) is 3.37. The topological polar surface area (TPSA) is 15.7 Å². The van der Waals surface area contributed by atoms with E-state index in [-0.39, 0.29) is 5.60 Å². The first-order valence-corrected chi connectivity index (χ1v) is 7.17. The molecule has 0 aliphatic carbocycles. The third-order valence-corrected chi connectivity index (χ3v) is 3.99. The van der Waals surface area contributed by atoms with Gasteiger partial charge in [-0.3, -0.25) is 4.90 Å². The second-order valence-electron chi connectivity index (χ2n) is 4.84. The van der Waals surface area contributed by atoms with Crippen LogP contribution in [-0.4, -0.2) is 67.4 Å². The normalized spacial score (nSPS) is 34.8. The van der Waals surface area contributed by atoms with Crippen molar-refractivity contribution in [3.8, 4) is 0 Å². The minimum atomic E-state index is 0.140. The van der Waals surface area contributed by atoms with E-state index in [2.05, 4.69) is 23.1 Å². The second-order valence-corrected chi connectivity index (χ2v) is 5.68. The van der Waals surface area contributed by atoms with Gasteiger partial charge in [0.1, 0.15) is 0 Å². The fourth-order valence-corrected chi connectivity index (χ4v) is 3.35. The fourth-order valence-electron chi connectivity index (χ4n) is 2.76. The van der Waals surface area contributed by atoms with Crippen molar-refractivity contribution in [2.24, 2.45) is 0 Å². The summed E-state index contributed by atoms with van der Waals surface area (Å²) in [6.45, 7) is 5.47. The van der Waals surface area contributed by atoms with Crippen molar-refractivity contribution in [3.63, 3.8) is 0 Å². The van der Waals surface area contributed by atoms with Crippen molar-refractivity contribution in [2.75, 3.05) is 52.0 Å². The summed E-state index contributed by atoms with van der Waals surface area (Å²) in [4.78, 5) is 4.94.